The van der Waals surface area contributed by atoms with E-state index in [9.17, 15) is 9.59 Å². The van der Waals surface area contributed by atoms with Gasteiger partial charge in [-0.1, -0.05) is 47.5 Å². The normalized spacial score (nSPS) is 10.2. The number of carbonyl (C=O) groups excluding carboxylic acids is 2. The van der Waals surface area contributed by atoms with Crippen LogP contribution >= 0.6 is 23.2 Å². The van der Waals surface area contributed by atoms with Gasteiger partial charge < -0.3 is 15.4 Å². The lowest BCUT2D eigenvalue weighted by atomic mass is 10.2. The van der Waals surface area contributed by atoms with Crippen molar-refractivity contribution >= 4 is 40.7 Å². The Morgan fingerprint density at radius 3 is 2.14 bits per heavy atom. The second-order valence-electron chi connectivity index (χ2n) is 5.77. The summed E-state index contributed by atoms with van der Waals surface area (Å²) in [6.45, 7) is -0.179. The van der Waals surface area contributed by atoms with Crippen LogP contribution in [-0.4, -0.2) is 18.4 Å². The molecule has 0 aromatic heterocycles. The largest absolute Gasteiger partial charge is 0.456 e. The molecular weight excluding hydrogens is 399 g/mol. The maximum Gasteiger partial charge on any atom is 0.253 e. The van der Waals surface area contributed by atoms with Crippen LogP contribution in [0.1, 0.15) is 10.4 Å². The summed E-state index contributed by atoms with van der Waals surface area (Å²) in [4.78, 5) is 24.1. The molecule has 0 spiro atoms. The Hall–Kier alpha value is -3.02. The number of rotatable bonds is 6. The highest BCUT2D eigenvalue weighted by molar-refractivity contribution is 6.33. The fraction of sp³-hybridized carbons (Fsp3) is 0.0476. The van der Waals surface area contributed by atoms with E-state index in [0.717, 1.165) is 0 Å². The summed E-state index contributed by atoms with van der Waals surface area (Å²) in [7, 11) is 0. The van der Waals surface area contributed by atoms with Crippen LogP contribution in [0.25, 0.3) is 0 Å². The van der Waals surface area contributed by atoms with Crippen LogP contribution in [0, 0.1) is 0 Å². The molecule has 0 bridgehead atoms. The molecule has 0 saturated carbocycles. The minimum absolute atomic E-state index is 0.179. The standard InChI is InChI=1S/C21H16Cl2N2O3/c22-17-6-2-1-5-16(17)21(27)24-13-20(26)25-14-9-11-15(12-10-14)28-19-8-4-3-7-18(19)23/h1-12H,13H2,(H,24,27)(H,25,26). The molecule has 0 aliphatic heterocycles. The second kappa shape index (κ2) is 9.26. The van der Waals surface area contributed by atoms with E-state index in [-0.39, 0.29) is 12.5 Å². The lowest BCUT2D eigenvalue weighted by Crippen LogP contribution is -2.32. The zero-order chi connectivity index (χ0) is 19.9. The van der Waals surface area contributed by atoms with E-state index >= 15 is 0 Å². The predicted octanol–water partition coefficient (Wildman–Crippen LogP) is 5.15. The van der Waals surface area contributed by atoms with Crippen LogP contribution in [0.3, 0.4) is 0 Å². The van der Waals surface area contributed by atoms with E-state index < -0.39 is 5.91 Å². The number of para-hydroxylation sites is 1. The minimum Gasteiger partial charge on any atom is -0.456 e. The van der Waals surface area contributed by atoms with Gasteiger partial charge in [-0.25, -0.2) is 0 Å². The van der Waals surface area contributed by atoms with Crippen LogP contribution in [0.4, 0.5) is 5.69 Å². The van der Waals surface area contributed by atoms with Crippen LogP contribution in [0.5, 0.6) is 11.5 Å². The molecule has 3 aromatic rings. The molecule has 0 unspecified atom stereocenters. The van der Waals surface area contributed by atoms with Gasteiger partial charge in [-0.15, -0.1) is 0 Å². The number of benzene rings is 3. The van der Waals surface area contributed by atoms with Crippen molar-refractivity contribution in [2.24, 2.45) is 0 Å². The first kappa shape index (κ1) is 19.7. The van der Waals surface area contributed by atoms with Crippen LogP contribution in [0.15, 0.2) is 72.8 Å². The summed E-state index contributed by atoms with van der Waals surface area (Å²) < 4.78 is 5.69. The average Bonchev–Trinajstić information content (AvgIpc) is 2.70. The van der Waals surface area contributed by atoms with Gasteiger partial charge in [0.1, 0.15) is 11.5 Å². The molecule has 3 rings (SSSR count). The fourth-order valence-electron chi connectivity index (χ4n) is 2.37. The quantitative estimate of drug-likeness (QED) is 0.585. The first-order valence-corrected chi connectivity index (χ1v) is 9.13. The van der Waals surface area contributed by atoms with Gasteiger partial charge >= 0.3 is 0 Å². The molecule has 0 radical (unpaired) electrons. The lowest BCUT2D eigenvalue weighted by molar-refractivity contribution is -0.115. The predicted molar refractivity (Wildman–Crippen MR) is 110 cm³/mol. The first-order chi connectivity index (χ1) is 13.5. The van der Waals surface area contributed by atoms with Crippen LogP contribution in [-0.2, 0) is 4.79 Å². The zero-order valence-corrected chi connectivity index (χ0v) is 16.1. The number of anilines is 1. The van der Waals surface area contributed by atoms with E-state index in [1.165, 1.54) is 0 Å². The number of hydrogen-bond donors (Lipinski definition) is 2. The topological polar surface area (TPSA) is 67.4 Å². The number of ether oxygens (including phenoxy) is 1. The first-order valence-electron chi connectivity index (χ1n) is 8.38. The van der Waals surface area contributed by atoms with Gasteiger partial charge in [-0.3, -0.25) is 9.59 Å². The van der Waals surface area contributed by atoms with Crippen molar-refractivity contribution in [1.29, 1.82) is 0 Å². The van der Waals surface area contributed by atoms with Crippen molar-refractivity contribution in [3.63, 3.8) is 0 Å². The van der Waals surface area contributed by atoms with E-state index in [4.69, 9.17) is 27.9 Å². The van der Waals surface area contributed by atoms with Gasteiger partial charge in [0.2, 0.25) is 5.91 Å². The Bertz CT molecular complexity index is 991. The molecule has 0 fully saturated rings. The Kier molecular flexibility index (Phi) is 6.53. The number of halogens is 2. The highest BCUT2D eigenvalue weighted by Crippen LogP contribution is 2.29. The minimum atomic E-state index is -0.413. The van der Waals surface area contributed by atoms with Crippen molar-refractivity contribution in [3.05, 3.63) is 88.4 Å². The summed E-state index contributed by atoms with van der Waals surface area (Å²) in [5.74, 6) is 0.353. The van der Waals surface area contributed by atoms with E-state index in [2.05, 4.69) is 10.6 Å². The molecule has 142 valence electrons. The van der Waals surface area contributed by atoms with E-state index in [1.54, 1.807) is 60.7 Å². The molecule has 0 aliphatic rings. The number of hydrogen-bond acceptors (Lipinski definition) is 3. The van der Waals surface area contributed by atoms with Crippen molar-refractivity contribution in [2.75, 3.05) is 11.9 Å². The van der Waals surface area contributed by atoms with Crippen molar-refractivity contribution in [1.82, 2.24) is 5.32 Å². The molecule has 5 nitrogen and oxygen atoms in total. The third-order valence-corrected chi connectivity index (χ3v) is 4.37. The van der Waals surface area contributed by atoms with Crippen LogP contribution in [0.2, 0.25) is 10.0 Å². The smallest absolute Gasteiger partial charge is 0.253 e. The molecule has 2 N–H and O–H groups in total. The molecule has 0 saturated heterocycles. The summed E-state index contributed by atoms with van der Waals surface area (Å²) in [6.07, 6.45) is 0. The zero-order valence-electron chi connectivity index (χ0n) is 14.6. The molecular formula is C21H16Cl2N2O3. The Labute approximate surface area is 172 Å². The highest BCUT2D eigenvalue weighted by atomic mass is 35.5. The van der Waals surface area contributed by atoms with Gasteiger partial charge in [-0.2, -0.15) is 0 Å². The fourth-order valence-corrected chi connectivity index (χ4v) is 2.76. The highest BCUT2D eigenvalue weighted by Gasteiger charge is 2.11. The van der Waals surface area contributed by atoms with Crippen LogP contribution < -0.4 is 15.4 Å². The summed E-state index contributed by atoms with van der Waals surface area (Å²) in [5, 5.41) is 6.07. The Morgan fingerprint density at radius 2 is 1.46 bits per heavy atom. The summed E-state index contributed by atoms with van der Waals surface area (Å²) in [6, 6.07) is 20.6. The van der Waals surface area contributed by atoms with Crippen molar-refractivity contribution < 1.29 is 14.3 Å². The Balaban J connectivity index is 1.52. The molecule has 3 aromatic carbocycles. The van der Waals surface area contributed by atoms with Crippen molar-refractivity contribution in [3.8, 4) is 11.5 Å². The third-order valence-electron chi connectivity index (χ3n) is 3.73. The Morgan fingerprint density at radius 1 is 0.821 bits per heavy atom. The maximum absolute atomic E-state index is 12.1. The molecule has 0 atom stereocenters. The average molecular weight is 415 g/mol. The molecule has 2 amide bonds. The number of carbonyl (C=O) groups is 2. The van der Waals surface area contributed by atoms with Gasteiger partial charge in [0.15, 0.2) is 0 Å². The van der Waals surface area contributed by atoms with E-state index in [0.29, 0.717) is 32.8 Å². The van der Waals surface area contributed by atoms with Crippen molar-refractivity contribution in [2.45, 2.75) is 0 Å². The van der Waals surface area contributed by atoms with E-state index in [1.807, 2.05) is 12.1 Å². The second-order valence-corrected chi connectivity index (χ2v) is 6.58. The number of amides is 2. The lowest BCUT2D eigenvalue weighted by Gasteiger charge is -2.10. The summed E-state index contributed by atoms with van der Waals surface area (Å²) >= 11 is 12.0. The van der Waals surface area contributed by atoms with Gasteiger partial charge in [-0.05, 0) is 48.5 Å². The third kappa shape index (κ3) is 5.25. The van der Waals surface area contributed by atoms with Gasteiger partial charge in [0.25, 0.3) is 5.91 Å². The van der Waals surface area contributed by atoms with Gasteiger partial charge in [0, 0.05) is 5.69 Å². The molecule has 0 aliphatic carbocycles. The molecule has 7 heteroatoms. The maximum atomic E-state index is 12.1. The molecule has 28 heavy (non-hydrogen) atoms. The SMILES string of the molecule is O=C(CNC(=O)c1ccccc1Cl)Nc1ccc(Oc2ccccc2Cl)cc1. The monoisotopic (exact) mass is 414 g/mol. The summed E-state index contributed by atoms with van der Waals surface area (Å²) in [5.41, 5.74) is 0.890. The van der Waals surface area contributed by atoms with Gasteiger partial charge in [0.05, 0.1) is 22.2 Å². The number of nitrogens with one attached hydrogen (secondary N) is 2. The molecule has 0 heterocycles.